The summed E-state index contributed by atoms with van der Waals surface area (Å²) in [6.07, 6.45) is 1.93. The summed E-state index contributed by atoms with van der Waals surface area (Å²) < 4.78 is 5.38. The Morgan fingerprint density at radius 2 is 2.10 bits per heavy atom. The number of nitrogens with one attached hydrogen (secondary N) is 1. The maximum atomic E-state index is 12.0. The first-order chi connectivity index (χ1) is 9.99. The van der Waals surface area contributed by atoms with Gasteiger partial charge in [-0.25, -0.2) is 4.79 Å². The smallest absolute Gasteiger partial charge is 0.335 e. The van der Waals surface area contributed by atoms with Crippen LogP contribution in [0.3, 0.4) is 0 Å². The largest absolute Gasteiger partial charge is 0.478 e. The summed E-state index contributed by atoms with van der Waals surface area (Å²) in [7, 11) is 0. The van der Waals surface area contributed by atoms with E-state index in [0.29, 0.717) is 17.2 Å². The van der Waals surface area contributed by atoms with Crippen LogP contribution in [0.25, 0.3) is 0 Å². The number of thioether (sulfide) groups is 1. The van der Waals surface area contributed by atoms with E-state index >= 15 is 0 Å². The number of furan rings is 1. The minimum Gasteiger partial charge on any atom is -0.478 e. The first kappa shape index (κ1) is 15.5. The molecule has 0 radical (unpaired) electrons. The van der Waals surface area contributed by atoms with Crippen LogP contribution in [-0.4, -0.2) is 23.2 Å². The molecule has 0 unspecified atom stereocenters. The molecular weight excluding hydrogens is 314 g/mol. The number of carboxylic acids is 1. The first-order valence-electron chi connectivity index (χ1n) is 5.92. The molecule has 1 amide bonds. The van der Waals surface area contributed by atoms with Gasteiger partial charge < -0.3 is 14.8 Å². The molecule has 2 aromatic rings. The number of halogens is 1. The highest BCUT2D eigenvalue weighted by Crippen LogP contribution is 2.21. The van der Waals surface area contributed by atoms with Crippen LogP contribution in [0.5, 0.6) is 0 Å². The van der Waals surface area contributed by atoms with E-state index in [1.54, 1.807) is 23.9 Å². The number of carboxylic acid groups (broad SMARTS) is 1. The summed E-state index contributed by atoms with van der Waals surface area (Å²) >= 11 is 7.41. The minimum absolute atomic E-state index is 0.000293. The summed E-state index contributed by atoms with van der Waals surface area (Å²) in [6.45, 7) is 0. The average molecular weight is 326 g/mol. The molecule has 0 saturated carbocycles. The lowest BCUT2D eigenvalue weighted by atomic mass is 10.2. The molecule has 1 aromatic heterocycles. The molecule has 110 valence electrons. The molecule has 0 spiro atoms. The maximum absolute atomic E-state index is 12.0. The molecule has 0 atom stereocenters. The van der Waals surface area contributed by atoms with E-state index in [4.69, 9.17) is 21.1 Å². The van der Waals surface area contributed by atoms with Crippen molar-refractivity contribution in [2.45, 2.75) is 5.75 Å². The van der Waals surface area contributed by atoms with Crippen LogP contribution < -0.4 is 5.32 Å². The van der Waals surface area contributed by atoms with E-state index in [-0.39, 0.29) is 16.3 Å². The molecular formula is C14H12ClNO4S. The van der Waals surface area contributed by atoms with Gasteiger partial charge in [0.05, 0.1) is 11.3 Å². The Labute approximate surface area is 130 Å². The van der Waals surface area contributed by atoms with Crippen molar-refractivity contribution in [2.24, 2.45) is 0 Å². The van der Waals surface area contributed by atoms with Crippen LogP contribution in [0.4, 0.5) is 5.69 Å². The van der Waals surface area contributed by atoms with Gasteiger partial charge in [0.1, 0.15) is 5.76 Å². The van der Waals surface area contributed by atoms with Crippen molar-refractivity contribution < 1.29 is 19.1 Å². The van der Waals surface area contributed by atoms with Gasteiger partial charge in [-0.2, -0.15) is 11.8 Å². The highest BCUT2D eigenvalue weighted by molar-refractivity contribution is 7.97. The Balaban J connectivity index is 2.16. The van der Waals surface area contributed by atoms with Crippen LogP contribution in [0.15, 0.2) is 34.7 Å². The zero-order chi connectivity index (χ0) is 15.4. The highest BCUT2D eigenvalue weighted by Gasteiger charge is 2.13. The molecule has 2 N–H and O–H groups in total. The van der Waals surface area contributed by atoms with Gasteiger partial charge in [0, 0.05) is 10.7 Å². The number of hydrogen-bond donors (Lipinski definition) is 2. The molecule has 0 aliphatic carbocycles. The number of rotatable bonds is 5. The van der Waals surface area contributed by atoms with Gasteiger partial charge in [-0.15, -0.1) is 0 Å². The second-order valence-electron chi connectivity index (χ2n) is 4.19. The second kappa shape index (κ2) is 6.69. The molecule has 1 heterocycles. The van der Waals surface area contributed by atoms with Crippen molar-refractivity contribution in [2.75, 3.05) is 11.6 Å². The van der Waals surface area contributed by atoms with Crippen LogP contribution in [0, 0.1) is 0 Å². The maximum Gasteiger partial charge on any atom is 0.335 e. The van der Waals surface area contributed by atoms with Gasteiger partial charge in [-0.1, -0.05) is 11.6 Å². The third-order valence-corrected chi connectivity index (χ3v) is 3.37. The highest BCUT2D eigenvalue weighted by atomic mass is 35.5. The first-order valence-corrected chi connectivity index (χ1v) is 7.69. The third-order valence-electron chi connectivity index (χ3n) is 2.57. The number of carbonyl (C=O) groups is 2. The summed E-state index contributed by atoms with van der Waals surface area (Å²) in [5, 5.41) is 11.7. The number of benzene rings is 1. The quantitative estimate of drug-likeness (QED) is 0.875. The van der Waals surface area contributed by atoms with Gasteiger partial charge in [-0.3, -0.25) is 4.79 Å². The SMILES string of the molecule is CSCc1ccc(C(=O)Nc2cc(Cl)cc(C(=O)O)c2)o1. The van der Waals surface area contributed by atoms with Crippen molar-refractivity contribution in [1.29, 1.82) is 0 Å². The van der Waals surface area contributed by atoms with E-state index < -0.39 is 11.9 Å². The molecule has 0 aliphatic rings. The predicted octanol–water partition coefficient (Wildman–Crippen LogP) is 3.75. The number of amides is 1. The summed E-state index contributed by atoms with van der Waals surface area (Å²) in [5.41, 5.74) is 0.299. The Kier molecular flexibility index (Phi) is 4.93. The van der Waals surface area contributed by atoms with Crippen LogP contribution in [0.2, 0.25) is 5.02 Å². The zero-order valence-corrected chi connectivity index (χ0v) is 12.6. The summed E-state index contributed by atoms with van der Waals surface area (Å²) in [5.74, 6) is -0.0387. The van der Waals surface area contributed by atoms with Crippen molar-refractivity contribution >= 4 is 40.9 Å². The van der Waals surface area contributed by atoms with E-state index in [2.05, 4.69) is 5.32 Å². The lowest BCUT2D eigenvalue weighted by Gasteiger charge is -2.05. The van der Waals surface area contributed by atoms with Crippen molar-refractivity contribution in [1.82, 2.24) is 0 Å². The normalized spacial score (nSPS) is 10.4. The monoisotopic (exact) mass is 325 g/mol. The Bertz CT molecular complexity index is 683. The fraction of sp³-hybridized carbons (Fsp3) is 0.143. The Morgan fingerprint density at radius 3 is 2.76 bits per heavy atom. The molecule has 0 fully saturated rings. The topological polar surface area (TPSA) is 79.5 Å². The third kappa shape index (κ3) is 4.03. The Morgan fingerprint density at radius 1 is 1.33 bits per heavy atom. The van der Waals surface area contributed by atoms with Crippen LogP contribution in [-0.2, 0) is 5.75 Å². The zero-order valence-electron chi connectivity index (χ0n) is 11.1. The summed E-state index contributed by atoms with van der Waals surface area (Å²) in [6, 6.07) is 7.41. The minimum atomic E-state index is -1.12. The number of carbonyl (C=O) groups excluding carboxylic acids is 1. The molecule has 0 aliphatic heterocycles. The number of aromatic carboxylic acids is 1. The molecule has 7 heteroatoms. The lowest BCUT2D eigenvalue weighted by Crippen LogP contribution is -2.11. The molecule has 2 rings (SSSR count). The number of anilines is 1. The standard InChI is InChI=1S/C14H12ClNO4S/c1-21-7-11-2-3-12(20-11)13(17)16-10-5-8(14(18)19)4-9(15)6-10/h2-6H,7H2,1H3,(H,16,17)(H,18,19). The molecule has 21 heavy (non-hydrogen) atoms. The predicted molar refractivity (Wildman–Crippen MR) is 82.3 cm³/mol. The van der Waals surface area contributed by atoms with Crippen LogP contribution in [0.1, 0.15) is 26.7 Å². The van der Waals surface area contributed by atoms with E-state index in [9.17, 15) is 9.59 Å². The second-order valence-corrected chi connectivity index (χ2v) is 5.49. The molecule has 0 bridgehead atoms. The van der Waals surface area contributed by atoms with Gasteiger partial charge >= 0.3 is 5.97 Å². The van der Waals surface area contributed by atoms with E-state index in [1.165, 1.54) is 18.2 Å². The molecule has 0 saturated heterocycles. The van der Waals surface area contributed by atoms with Crippen molar-refractivity contribution in [3.8, 4) is 0 Å². The van der Waals surface area contributed by atoms with Gasteiger partial charge in [-0.05, 0) is 36.6 Å². The van der Waals surface area contributed by atoms with Crippen molar-refractivity contribution in [3.63, 3.8) is 0 Å². The van der Waals surface area contributed by atoms with Gasteiger partial charge in [0.2, 0.25) is 0 Å². The molecule has 1 aromatic carbocycles. The summed E-state index contributed by atoms with van der Waals surface area (Å²) in [4.78, 5) is 23.0. The Hall–Kier alpha value is -1.92. The average Bonchev–Trinajstić information content (AvgIpc) is 2.87. The number of hydrogen-bond acceptors (Lipinski definition) is 4. The van der Waals surface area contributed by atoms with Crippen molar-refractivity contribution in [3.05, 3.63) is 52.4 Å². The lowest BCUT2D eigenvalue weighted by molar-refractivity contribution is 0.0696. The van der Waals surface area contributed by atoms with Crippen LogP contribution >= 0.6 is 23.4 Å². The molecule has 5 nitrogen and oxygen atoms in total. The van der Waals surface area contributed by atoms with Gasteiger partial charge in [0.25, 0.3) is 5.91 Å². The van der Waals surface area contributed by atoms with E-state index in [0.717, 1.165) is 0 Å². The fourth-order valence-corrected chi connectivity index (χ4v) is 2.37. The van der Waals surface area contributed by atoms with Gasteiger partial charge in [0.15, 0.2) is 5.76 Å². The fourth-order valence-electron chi connectivity index (χ4n) is 1.70. The van der Waals surface area contributed by atoms with E-state index in [1.807, 2.05) is 6.26 Å².